The summed E-state index contributed by atoms with van der Waals surface area (Å²) in [5.41, 5.74) is -0.455. The quantitative estimate of drug-likeness (QED) is 0.685. The van der Waals surface area contributed by atoms with Crippen LogP contribution in [0.4, 0.5) is 0 Å². The summed E-state index contributed by atoms with van der Waals surface area (Å²) in [5, 5.41) is 9.32. The van der Waals surface area contributed by atoms with E-state index in [0.717, 1.165) is 6.42 Å². The van der Waals surface area contributed by atoms with Crippen LogP contribution in [0.3, 0.4) is 0 Å². The fraction of sp³-hybridized carbons (Fsp3) is 0.900. The second-order valence-electron chi connectivity index (χ2n) is 4.23. The molecule has 0 aliphatic carbocycles. The summed E-state index contributed by atoms with van der Waals surface area (Å²) in [6.07, 6.45) is 1.08. The van der Waals surface area contributed by atoms with Crippen molar-refractivity contribution in [2.24, 2.45) is 0 Å². The van der Waals surface area contributed by atoms with Gasteiger partial charge < -0.3 is 9.84 Å². The topological polar surface area (TPSA) is 46.5 Å². The number of esters is 1. The van der Waals surface area contributed by atoms with Crippen LogP contribution in [0.5, 0.6) is 0 Å². The number of carbonyl (C=O) groups excluding carboxylic acids is 1. The Labute approximate surface area is 80.1 Å². The van der Waals surface area contributed by atoms with E-state index in [1.165, 1.54) is 0 Å². The molecule has 0 aliphatic heterocycles. The molecule has 3 nitrogen and oxygen atoms in total. The van der Waals surface area contributed by atoms with E-state index in [4.69, 9.17) is 4.74 Å². The van der Waals surface area contributed by atoms with Gasteiger partial charge in [-0.15, -0.1) is 0 Å². The summed E-state index contributed by atoms with van der Waals surface area (Å²) in [7, 11) is 0. The van der Waals surface area contributed by atoms with Gasteiger partial charge in [0.1, 0.15) is 5.60 Å². The second kappa shape index (κ2) is 5.22. The number of rotatable bonds is 4. The van der Waals surface area contributed by atoms with Crippen LogP contribution in [0.25, 0.3) is 0 Å². The van der Waals surface area contributed by atoms with Gasteiger partial charge in [-0.25, -0.2) is 0 Å². The maximum Gasteiger partial charge on any atom is 0.308 e. The molecule has 0 amide bonds. The van der Waals surface area contributed by atoms with Gasteiger partial charge >= 0.3 is 5.97 Å². The molecule has 3 heteroatoms. The molecule has 0 rings (SSSR count). The monoisotopic (exact) mass is 188 g/mol. The first-order valence-electron chi connectivity index (χ1n) is 4.75. The average molecular weight is 188 g/mol. The number of hydrogen-bond acceptors (Lipinski definition) is 3. The first-order valence-corrected chi connectivity index (χ1v) is 4.75. The van der Waals surface area contributed by atoms with Gasteiger partial charge in [0, 0.05) is 0 Å². The predicted octanol–water partition coefficient (Wildman–Crippen LogP) is 1.88. The number of aliphatic hydroxyl groups excluding tert-OH is 1. The highest BCUT2D eigenvalue weighted by atomic mass is 16.6. The van der Waals surface area contributed by atoms with Crippen molar-refractivity contribution >= 4 is 5.97 Å². The molecule has 0 radical (unpaired) electrons. The van der Waals surface area contributed by atoms with Gasteiger partial charge in [-0.3, -0.25) is 4.79 Å². The lowest BCUT2D eigenvalue weighted by molar-refractivity contribution is -0.157. The second-order valence-corrected chi connectivity index (χ2v) is 4.23. The van der Waals surface area contributed by atoms with Crippen LogP contribution in [-0.2, 0) is 9.53 Å². The summed E-state index contributed by atoms with van der Waals surface area (Å²) >= 11 is 0. The average Bonchev–Trinajstić information content (AvgIpc) is 1.81. The number of carbonyl (C=O) groups is 1. The molecule has 0 aromatic heterocycles. The van der Waals surface area contributed by atoms with Gasteiger partial charge in [0.2, 0.25) is 0 Å². The van der Waals surface area contributed by atoms with Crippen LogP contribution in [-0.4, -0.2) is 22.8 Å². The van der Waals surface area contributed by atoms with Crippen molar-refractivity contribution in [3.63, 3.8) is 0 Å². The summed E-state index contributed by atoms with van der Waals surface area (Å²) < 4.78 is 5.06. The molecule has 0 heterocycles. The van der Waals surface area contributed by atoms with Gasteiger partial charge in [-0.05, 0) is 27.2 Å². The molecule has 1 unspecified atom stereocenters. The molecule has 0 aromatic rings. The van der Waals surface area contributed by atoms with Crippen molar-refractivity contribution in [3.05, 3.63) is 0 Å². The Hall–Kier alpha value is -0.570. The van der Waals surface area contributed by atoms with E-state index in [0.29, 0.717) is 6.42 Å². The fourth-order valence-electron chi connectivity index (χ4n) is 1.01. The van der Waals surface area contributed by atoms with Crippen LogP contribution in [0, 0.1) is 0 Å². The van der Waals surface area contributed by atoms with Crippen molar-refractivity contribution in [1.29, 1.82) is 0 Å². The molecular formula is C10H20O3. The first-order chi connectivity index (χ1) is 5.85. The van der Waals surface area contributed by atoms with Gasteiger partial charge in [-0.1, -0.05) is 13.3 Å². The first kappa shape index (κ1) is 12.4. The Kier molecular flexibility index (Phi) is 4.99. The van der Waals surface area contributed by atoms with Crippen LogP contribution in [0.2, 0.25) is 0 Å². The van der Waals surface area contributed by atoms with E-state index in [1.54, 1.807) is 0 Å². The lowest BCUT2D eigenvalue weighted by atomic mass is 10.1. The highest BCUT2D eigenvalue weighted by molar-refractivity contribution is 5.70. The minimum Gasteiger partial charge on any atom is -0.460 e. The van der Waals surface area contributed by atoms with Crippen LogP contribution >= 0.6 is 0 Å². The molecule has 78 valence electrons. The summed E-state index contributed by atoms with van der Waals surface area (Å²) in [6.45, 7) is 7.42. The van der Waals surface area contributed by atoms with Crippen LogP contribution < -0.4 is 0 Å². The molecule has 0 aromatic carbocycles. The minimum atomic E-state index is -0.556. The SMILES string of the molecule is CCCC(O)CC(=O)OC(C)(C)C. The summed E-state index contributed by atoms with van der Waals surface area (Å²) in [4.78, 5) is 11.2. The third-order valence-electron chi connectivity index (χ3n) is 1.44. The van der Waals surface area contributed by atoms with E-state index in [1.807, 2.05) is 27.7 Å². The predicted molar refractivity (Wildman–Crippen MR) is 51.4 cm³/mol. The molecule has 0 bridgehead atoms. The maximum absolute atomic E-state index is 11.2. The molecule has 13 heavy (non-hydrogen) atoms. The van der Waals surface area contributed by atoms with Gasteiger partial charge in [-0.2, -0.15) is 0 Å². The maximum atomic E-state index is 11.2. The molecule has 0 saturated carbocycles. The molecular weight excluding hydrogens is 168 g/mol. The van der Waals surface area contributed by atoms with Crippen molar-refractivity contribution in [3.8, 4) is 0 Å². The Bertz CT molecular complexity index is 158. The van der Waals surface area contributed by atoms with E-state index < -0.39 is 11.7 Å². The largest absolute Gasteiger partial charge is 0.460 e. The molecule has 0 spiro atoms. The Morgan fingerprint density at radius 3 is 2.38 bits per heavy atom. The van der Waals surface area contributed by atoms with Crippen molar-refractivity contribution in [1.82, 2.24) is 0 Å². The molecule has 0 aliphatic rings. The Morgan fingerprint density at radius 2 is 2.00 bits per heavy atom. The van der Waals surface area contributed by atoms with Crippen LogP contribution in [0.1, 0.15) is 47.0 Å². The van der Waals surface area contributed by atoms with Gasteiger partial charge in [0.25, 0.3) is 0 Å². The zero-order valence-corrected chi connectivity index (χ0v) is 8.96. The van der Waals surface area contributed by atoms with Crippen molar-refractivity contribution < 1.29 is 14.6 Å². The Balaban J connectivity index is 3.74. The molecule has 1 atom stereocenters. The fourth-order valence-corrected chi connectivity index (χ4v) is 1.01. The van der Waals surface area contributed by atoms with E-state index >= 15 is 0 Å². The molecule has 0 saturated heterocycles. The molecule has 0 fully saturated rings. The van der Waals surface area contributed by atoms with E-state index in [9.17, 15) is 9.90 Å². The summed E-state index contributed by atoms with van der Waals surface area (Å²) in [6, 6.07) is 0. The zero-order valence-electron chi connectivity index (χ0n) is 8.96. The summed E-state index contributed by atoms with van der Waals surface area (Å²) in [5.74, 6) is -0.326. The van der Waals surface area contributed by atoms with E-state index in [2.05, 4.69) is 0 Å². The number of aliphatic hydroxyl groups is 1. The standard InChI is InChI=1S/C10H20O3/c1-5-6-8(11)7-9(12)13-10(2,3)4/h8,11H,5-7H2,1-4H3. The third-order valence-corrected chi connectivity index (χ3v) is 1.44. The zero-order chi connectivity index (χ0) is 10.5. The third kappa shape index (κ3) is 7.78. The number of ether oxygens (including phenoxy) is 1. The van der Waals surface area contributed by atoms with E-state index in [-0.39, 0.29) is 12.4 Å². The van der Waals surface area contributed by atoms with Gasteiger partial charge in [0.15, 0.2) is 0 Å². The normalized spacial score (nSPS) is 13.9. The highest BCUT2D eigenvalue weighted by Gasteiger charge is 2.18. The highest BCUT2D eigenvalue weighted by Crippen LogP contribution is 2.10. The minimum absolute atomic E-state index is 0.102. The van der Waals surface area contributed by atoms with Crippen molar-refractivity contribution in [2.75, 3.05) is 0 Å². The molecule has 1 N–H and O–H groups in total. The lowest BCUT2D eigenvalue weighted by Gasteiger charge is -2.20. The van der Waals surface area contributed by atoms with Crippen molar-refractivity contribution in [2.45, 2.75) is 58.7 Å². The smallest absolute Gasteiger partial charge is 0.308 e. The lowest BCUT2D eigenvalue weighted by Crippen LogP contribution is -2.26. The number of hydrogen-bond donors (Lipinski definition) is 1. The van der Waals surface area contributed by atoms with Gasteiger partial charge in [0.05, 0.1) is 12.5 Å². The Morgan fingerprint density at radius 1 is 1.46 bits per heavy atom. The van der Waals surface area contributed by atoms with Crippen LogP contribution in [0.15, 0.2) is 0 Å².